The van der Waals surface area contributed by atoms with Gasteiger partial charge in [-0.1, -0.05) is 26.5 Å². The molecule has 2 N–H and O–H groups in total. The summed E-state index contributed by atoms with van der Waals surface area (Å²) in [6, 6.07) is 6.26. The molecule has 0 aliphatic rings. The Morgan fingerprint density at radius 3 is 2.47 bits per heavy atom. The van der Waals surface area contributed by atoms with Gasteiger partial charge in [0.25, 0.3) is 0 Å². The molecule has 0 amide bonds. The summed E-state index contributed by atoms with van der Waals surface area (Å²) in [6.07, 6.45) is 9.94. The first-order valence-electron chi connectivity index (χ1n) is 9.84. The highest BCUT2D eigenvalue weighted by Crippen LogP contribution is 2.22. The lowest BCUT2D eigenvalue weighted by atomic mass is 10.2. The molecular weight excluding hydrogens is 381 g/mol. The van der Waals surface area contributed by atoms with Gasteiger partial charge in [0.1, 0.15) is 17.1 Å². The van der Waals surface area contributed by atoms with Gasteiger partial charge in [-0.3, -0.25) is 10.3 Å². The van der Waals surface area contributed by atoms with Gasteiger partial charge in [-0.05, 0) is 50.6 Å². The number of ether oxygens (including phenoxy) is 1. The number of rotatable bonds is 6. The van der Waals surface area contributed by atoms with Gasteiger partial charge >= 0.3 is 0 Å². The number of nitrogens with one attached hydrogen (secondary N) is 1. The minimum absolute atomic E-state index is 0.0265. The Hall–Kier alpha value is -2.88. The number of benzene rings is 1. The van der Waals surface area contributed by atoms with Gasteiger partial charge in [0.2, 0.25) is 0 Å². The molecule has 6 heteroatoms. The van der Waals surface area contributed by atoms with E-state index >= 15 is 0 Å². The lowest BCUT2D eigenvalue weighted by molar-refractivity contribution is 0.252. The molecule has 5 nitrogen and oxygen atoms in total. The summed E-state index contributed by atoms with van der Waals surface area (Å²) >= 11 is 0. The standard InChI is InChI=1S/C20H26FN3O2.C2H6.C2H2/c1-6-16-10-19(26-18-8-7-17(21)9-13(18)2)15(4)24(5)20(16)23-12-22-14(3)11-25;2*1-2/h6-10,14,22,25H,4,11-12H2,1-3,5H3;1-2H3;1-2H/b16-6-,23-20+;;/t14-;;/m1../s1. The quantitative estimate of drug-likeness (QED) is 0.713. The van der Waals surface area contributed by atoms with Crippen molar-refractivity contribution < 1.29 is 14.2 Å². The number of halogens is 1. The van der Waals surface area contributed by atoms with Crippen molar-refractivity contribution in [3.63, 3.8) is 0 Å². The Morgan fingerprint density at radius 1 is 1.30 bits per heavy atom. The smallest absolute Gasteiger partial charge is 0.151 e. The van der Waals surface area contributed by atoms with E-state index in [0.717, 1.165) is 10.7 Å². The molecule has 0 spiro atoms. The summed E-state index contributed by atoms with van der Waals surface area (Å²) in [5.41, 5.74) is 1.48. The van der Waals surface area contributed by atoms with Crippen molar-refractivity contribution in [1.82, 2.24) is 9.88 Å². The molecule has 2 aromatic rings. The van der Waals surface area contributed by atoms with Crippen molar-refractivity contribution >= 4 is 12.7 Å². The summed E-state index contributed by atoms with van der Waals surface area (Å²) in [6.45, 7) is 14.1. The lowest BCUT2D eigenvalue weighted by Crippen LogP contribution is -2.43. The number of nitrogens with zero attached hydrogens (tertiary/aromatic N) is 2. The minimum Gasteiger partial charge on any atom is -0.455 e. The molecule has 0 saturated heterocycles. The van der Waals surface area contributed by atoms with Crippen molar-refractivity contribution in [2.24, 2.45) is 12.0 Å². The molecule has 1 heterocycles. The van der Waals surface area contributed by atoms with E-state index in [0.29, 0.717) is 29.1 Å². The fraction of sp³-hybridized carbons (Fsp3) is 0.375. The summed E-state index contributed by atoms with van der Waals surface area (Å²) in [4.78, 5) is 4.57. The van der Waals surface area contributed by atoms with E-state index in [1.54, 1.807) is 13.0 Å². The van der Waals surface area contributed by atoms with Crippen LogP contribution < -0.4 is 26.1 Å². The second-order valence-electron chi connectivity index (χ2n) is 6.20. The molecular formula is C24H34FN3O2. The van der Waals surface area contributed by atoms with Crippen molar-refractivity contribution in [1.29, 1.82) is 0 Å². The molecule has 1 atom stereocenters. The van der Waals surface area contributed by atoms with Crippen LogP contribution >= 0.6 is 0 Å². The predicted molar refractivity (Wildman–Crippen MR) is 123 cm³/mol. The SMILES string of the molecule is C#C.C=c1c(Oc2ccc(F)cc2C)cc(=C/C)/c(=N\CN[C@H](C)CO)n1C.CC. The number of aliphatic hydroxyl groups is 1. The molecule has 1 aromatic carbocycles. The first-order valence-corrected chi connectivity index (χ1v) is 9.84. The lowest BCUT2D eigenvalue weighted by Gasteiger charge is -2.13. The van der Waals surface area contributed by atoms with Crippen LogP contribution in [0.1, 0.15) is 33.3 Å². The Balaban J connectivity index is 0.00000198. The van der Waals surface area contributed by atoms with E-state index in [1.165, 1.54) is 12.1 Å². The van der Waals surface area contributed by atoms with Gasteiger partial charge in [-0.25, -0.2) is 4.39 Å². The van der Waals surface area contributed by atoms with Gasteiger partial charge in [0, 0.05) is 18.3 Å². The molecule has 30 heavy (non-hydrogen) atoms. The van der Waals surface area contributed by atoms with Crippen molar-refractivity contribution in [2.75, 3.05) is 13.3 Å². The monoisotopic (exact) mass is 415 g/mol. The van der Waals surface area contributed by atoms with E-state index in [1.807, 2.05) is 51.5 Å². The van der Waals surface area contributed by atoms with E-state index in [-0.39, 0.29) is 18.5 Å². The van der Waals surface area contributed by atoms with E-state index in [9.17, 15) is 4.39 Å². The fourth-order valence-electron chi connectivity index (χ4n) is 2.46. The zero-order valence-corrected chi connectivity index (χ0v) is 18.9. The molecule has 164 valence electrons. The molecule has 2 rings (SSSR count). The Bertz CT molecular complexity index is 994. The minimum atomic E-state index is -0.295. The Labute approximate surface area is 179 Å². The maximum atomic E-state index is 13.3. The second-order valence-corrected chi connectivity index (χ2v) is 6.20. The number of aromatic nitrogens is 1. The summed E-state index contributed by atoms with van der Waals surface area (Å²) in [7, 11) is 1.87. The first kappa shape index (κ1) is 27.1. The number of aryl methyl sites for hydroxylation is 1. The zero-order valence-electron chi connectivity index (χ0n) is 18.9. The molecule has 1 aromatic heterocycles. The second kappa shape index (κ2) is 14.2. The number of hydrogen-bond acceptors (Lipinski definition) is 4. The van der Waals surface area contributed by atoms with Crippen molar-refractivity contribution in [3.05, 3.63) is 51.7 Å². The highest BCUT2D eigenvalue weighted by Gasteiger charge is 2.07. The molecule has 0 aliphatic heterocycles. The van der Waals surface area contributed by atoms with Crippen molar-refractivity contribution in [2.45, 2.75) is 40.7 Å². The molecule has 0 aliphatic carbocycles. The number of pyridine rings is 1. The summed E-state index contributed by atoms with van der Waals surface area (Å²) in [5, 5.41) is 13.8. The number of terminal acetylenes is 1. The summed E-state index contributed by atoms with van der Waals surface area (Å²) < 4.78 is 21.1. The average Bonchev–Trinajstić information content (AvgIpc) is 2.77. The molecule has 0 radical (unpaired) electrons. The number of hydrogen-bond donors (Lipinski definition) is 2. The van der Waals surface area contributed by atoms with Gasteiger partial charge in [0.15, 0.2) is 5.75 Å². The normalized spacial score (nSPS) is 12.3. The van der Waals surface area contributed by atoms with Crippen LogP contribution in [-0.4, -0.2) is 29.0 Å². The summed E-state index contributed by atoms with van der Waals surface area (Å²) in [5.74, 6) is 0.879. The maximum Gasteiger partial charge on any atom is 0.151 e. The van der Waals surface area contributed by atoms with Gasteiger partial charge < -0.3 is 14.4 Å². The average molecular weight is 416 g/mol. The first-order chi connectivity index (χ1) is 14.4. The van der Waals surface area contributed by atoms with Gasteiger partial charge in [-0.15, -0.1) is 12.8 Å². The highest BCUT2D eigenvalue weighted by molar-refractivity contribution is 5.38. The topological polar surface area (TPSA) is 58.8 Å². The third-order valence-corrected chi connectivity index (χ3v) is 4.16. The van der Waals surface area contributed by atoms with Crippen LogP contribution in [-0.2, 0) is 7.05 Å². The van der Waals surface area contributed by atoms with Gasteiger partial charge in [0.05, 0.1) is 18.6 Å². The van der Waals surface area contributed by atoms with Crippen LogP contribution in [0.25, 0.3) is 12.7 Å². The van der Waals surface area contributed by atoms with Crippen LogP contribution in [0.3, 0.4) is 0 Å². The molecule has 0 bridgehead atoms. The fourth-order valence-corrected chi connectivity index (χ4v) is 2.46. The Morgan fingerprint density at radius 2 is 1.93 bits per heavy atom. The molecule has 0 unspecified atom stereocenters. The van der Waals surface area contributed by atoms with Crippen LogP contribution in [0.4, 0.5) is 4.39 Å². The van der Waals surface area contributed by atoms with E-state index < -0.39 is 0 Å². The van der Waals surface area contributed by atoms with Crippen LogP contribution in [0.2, 0.25) is 0 Å². The Kier molecular flexibility index (Phi) is 12.8. The van der Waals surface area contributed by atoms with Crippen LogP contribution in [0, 0.1) is 25.6 Å². The van der Waals surface area contributed by atoms with E-state index in [4.69, 9.17) is 9.84 Å². The van der Waals surface area contributed by atoms with Crippen molar-refractivity contribution in [3.8, 4) is 24.3 Å². The van der Waals surface area contributed by atoms with E-state index in [2.05, 4.69) is 29.7 Å². The highest BCUT2D eigenvalue weighted by atomic mass is 19.1. The third kappa shape index (κ3) is 7.51. The van der Waals surface area contributed by atoms with Crippen LogP contribution in [0.5, 0.6) is 11.5 Å². The molecule has 0 saturated carbocycles. The molecule has 0 fully saturated rings. The van der Waals surface area contributed by atoms with Crippen LogP contribution in [0.15, 0.2) is 29.3 Å². The third-order valence-electron chi connectivity index (χ3n) is 4.16. The largest absolute Gasteiger partial charge is 0.455 e. The maximum absolute atomic E-state index is 13.3. The van der Waals surface area contributed by atoms with Gasteiger partial charge in [-0.2, -0.15) is 0 Å². The predicted octanol–water partition coefficient (Wildman–Crippen LogP) is 2.58. The number of aliphatic hydroxyl groups excluding tert-OH is 1. The zero-order chi connectivity index (χ0) is 23.3.